The predicted octanol–water partition coefficient (Wildman–Crippen LogP) is 3.47. The number of carbonyl (C=O) groups excluding carboxylic acids is 3. The molecule has 2 fully saturated rings. The highest BCUT2D eigenvalue weighted by Crippen LogP contribution is 2.32. The normalized spacial score (nSPS) is 18.4. The number of amides is 2. The first kappa shape index (κ1) is 21.5. The molecule has 0 saturated carbocycles. The molecule has 154 valence electrons. The highest BCUT2D eigenvalue weighted by atomic mass is 32.2. The molecule has 1 aromatic rings. The molecule has 2 aliphatic heterocycles. The van der Waals surface area contributed by atoms with Gasteiger partial charge in [-0.25, -0.2) is 4.79 Å². The Morgan fingerprint density at radius 1 is 1.17 bits per heavy atom. The van der Waals surface area contributed by atoms with Crippen molar-refractivity contribution in [2.24, 2.45) is 0 Å². The third-order valence-corrected chi connectivity index (χ3v) is 6.36. The summed E-state index contributed by atoms with van der Waals surface area (Å²) in [4.78, 5) is 40.5. The molecule has 29 heavy (non-hydrogen) atoms. The van der Waals surface area contributed by atoms with Gasteiger partial charge in [-0.1, -0.05) is 36.1 Å². The third kappa shape index (κ3) is 5.45. The average molecular weight is 433 g/mol. The van der Waals surface area contributed by atoms with Crippen molar-refractivity contribution in [2.45, 2.75) is 32.1 Å². The summed E-state index contributed by atoms with van der Waals surface area (Å²) in [7, 11) is 1.34. The minimum absolute atomic E-state index is 0.137. The summed E-state index contributed by atoms with van der Waals surface area (Å²) >= 11 is 6.62. The van der Waals surface area contributed by atoms with Crippen molar-refractivity contribution < 1.29 is 19.1 Å². The summed E-state index contributed by atoms with van der Waals surface area (Å²) < 4.78 is 5.20. The molecule has 2 amide bonds. The summed E-state index contributed by atoms with van der Waals surface area (Å²) in [6.45, 7) is 2.14. The number of rotatable bonds is 6. The van der Waals surface area contributed by atoms with Crippen LogP contribution in [0.25, 0.3) is 6.08 Å². The molecule has 0 spiro atoms. The van der Waals surface area contributed by atoms with Crippen LogP contribution in [-0.2, 0) is 14.3 Å². The smallest absolute Gasteiger partial charge is 0.337 e. The third-order valence-electron chi connectivity index (χ3n) is 4.98. The number of benzene rings is 1. The van der Waals surface area contributed by atoms with Gasteiger partial charge in [0.1, 0.15) is 4.32 Å². The fraction of sp³-hybridized carbons (Fsp3) is 0.429. The van der Waals surface area contributed by atoms with Crippen molar-refractivity contribution in [2.75, 3.05) is 26.7 Å². The van der Waals surface area contributed by atoms with Crippen LogP contribution >= 0.6 is 24.0 Å². The number of piperidine rings is 1. The Morgan fingerprint density at radius 3 is 2.52 bits per heavy atom. The van der Waals surface area contributed by atoms with Gasteiger partial charge >= 0.3 is 5.97 Å². The van der Waals surface area contributed by atoms with Gasteiger partial charge in [-0.05, 0) is 49.5 Å². The van der Waals surface area contributed by atoms with Gasteiger partial charge in [0.05, 0.1) is 17.6 Å². The zero-order valence-corrected chi connectivity index (χ0v) is 18.0. The quantitative estimate of drug-likeness (QED) is 0.390. The second-order valence-electron chi connectivity index (χ2n) is 6.99. The summed E-state index contributed by atoms with van der Waals surface area (Å²) in [6.07, 6.45) is 6.14. The van der Waals surface area contributed by atoms with E-state index in [1.54, 1.807) is 35.2 Å². The molecule has 0 atom stereocenters. The number of thiocarbonyl (C=S) groups is 1. The molecule has 2 saturated heterocycles. The van der Waals surface area contributed by atoms with Crippen molar-refractivity contribution in [1.82, 2.24) is 9.80 Å². The average Bonchev–Trinajstić information content (AvgIpc) is 3.01. The zero-order chi connectivity index (χ0) is 20.8. The minimum Gasteiger partial charge on any atom is -0.465 e. The number of esters is 1. The maximum Gasteiger partial charge on any atom is 0.337 e. The van der Waals surface area contributed by atoms with E-state index in [4.69, 9.17) is 12.2 Å². The number of hydrogen-bond acceptors (Lipinski definition) is 6. The molecule has 6 nitrogen and oxygen atoms in total. The van der Waals surface area contributed by atoms with Crippen LogP contribution < -0.4 is 0 Å². The van der Waals surface area contributed by atoms with Crippen molar-refractivity contribution in [3.63, 3.8) is 0 Å². The number of thioether (sulfide) groups is 1. The van der Waals surface area contributed by atoms with E-state index in [2.05, 4.69) is 4.74 Å². The lowest BCUT2D eigenvalue weighted by Gasteiger charge is -2.27. The number of carbonyl (C=O) groups is 3. The van der Waals surface area contributed by atoms with E-state index in [9.17, 15) is 14.4 Å². The van der Waals surface area contributed by atoms with Crippen molar-refractivity contribution >= 4 is 52.2 Å². The van der Waals surface area contributed by atoms with Crippen molar-refractivity contribution in [3.05, 3.63) is 40.3 Å². The fourth-order valence-electron chi connectivity index (χ4n) is 3.37. The largest absolute Gasteiger partial charge is 0.465 e. The molecule has 0 aromatic heterocycles. The number of methoxy groups -OCH3 is 1. The van der Waals surface area contributed by atoms with E-state index in [1.807, 2.05) is 4.90 Å². The zero-order valence-electron chi connectivity index (χ0n) is 16.4. The lowest BCUT2D eigenvalue weighted by Crippen LogP contribution is -2.36. The Labute approximate surface area is 180 Å². The molecular weight excluding hydrogens is 408 g/mol. The van der Waals surface area contributed by atoms with Gasteiger partial charge in [0, 0.05) is 26.1 Å². The highest BCUT2D eigenvalue weighted by Gasteiger charge is 2.31. The molecule has 0 bridgehead atoms. The Balaban J connectivity index is 1.55. The monoisotopic (exact) mass is 432 g/mol. The van der Waals surface area contributed by atoms with E-state index in [1.165, 1.54) is 25.3 Å². The Kier molecular flexibility index (Phi) is 7.44. The van der Waals surface area contributed by atoms with Crippen LogP contribution in [0.4, 0.5) is 0 Å². The van der Waals surface area contributed by atoms with Crippen LogP contribution in [0.3, 0.4) is 0 Å². The Hall–Kier alpha value is -2.19. The molecule has 0 aliphatic carbocycles. The maximum absolute atomic E-state index is 12.7. The molecule has 8 heteroatoms. The number of nitrogens with zero attached hydrogens (tertiary/aromatic N) is 2. The second kappa shape index (κ2) is 10.0. The van der Waals surface area contributed by atoms with E-state index < -0.39 is 5.97 Å². The van der Waals surface area contributed by atoms with Crippen LogP contribution in [0.2, 0.25) is 0 Å². The summed E-state index contributed by atoms with van der Waals surface area (Å²) in [5, 5.41) is 0. The lowest BCUT2D eigenvalue weighted by molar-refractivity contribution is -0.132. The number of likely N-dealkylation sites (tertiary alicyclic amines) is 1. The maximum atomic E-state index is 12.7. The molecule has 2 heterocycles. The first-order chi connectivity index (χ1) is 14.0. The molecular formula is C21H24N2O4S2. The summed E-state index contributed by atoms with van der Waals surface area (Å²) in [5.41, 5.74) is 1.26. The van der Waals surface area contributed by atoms with E-state index in [-0.39, 0.29) is 11.8 Å². The second-order valence-corrected chi connectivity index (χ2v) is 8.67. The molecule has 0 N–H and O–H groups in total. The van der Waals surface area contributed by atoms with Crippen LogP contribution in [0.15, 0.2) is 29.2 Å². The van der Waals surface area contributed by atoms with Gasteiger partial charge < -0.3 is 9.64 Å². The van der Waals surface area contributed by atoms with Gasteiger partial charge in [0.25, 0.3) is 5.91 Å². The van der Waals surface area contributed by atoms with E-state index >= 15 is 0 Å². The van der Waals surface area contributed by atoms with Crippen LogP contribution in [0.1, 0.15) is 48.0 Å². The standard InChI is InChI=1S/C21H24N2O4S2/c1-27-20(26)16-9-7-15(8-10-16)14-17-19(25)23(21(28)29-17)13-5-6-18(24)22-11-3-2-4-12-22/h7-10,14H,2-6,11-13H2,1H3. The van der Waals surface area contributed by atoms with Crippen LogP contribution in [-0.4, -0.2) is 58.6 Å². The van der Waals surface area contributed by atoms with Gasteiger partial charge in [0.15, 0.2) is 0 Å². The highest BCUT2D eigenvalue weighted by molar-refractivity contribution is 8.26. The van der Waals surface area contributed by atoms with E-state index in [0.29, 0.717) is 34.2 Å². The topological polar surface area (TPSA) is 66.9 Å². The van der Waals surface area contributed by atoms with Gasteiger partial charge in [0.2, 0.25) is 5.91 Å². The Bertz CT molecular complexity index is 830. The van der Waals surface area contributed by atoms with Gasteiger partial charge in [-0.3, -0.25) is 14.5 Å². The molecule has 2 aliphatic rings. The minimum atomic E-state index is -0.401. The van der Waals surface area contributed by atoms with Crippen molar-refractivity contribution in [3.8, 4) is 0 Å². The predicted molar refractivity (Wildman–Crippen MR) is 117 cm³/mol. The van der Waals surface area contributed by atoms with E-state index in [0.717, 1.165) is 31.5 Å². The van der Waals surface area contributed by atoms with Crippen LogP contribution in [0, 0.1) is 0 Å². The number of ether oxygens (including phenoxy) is 1. The molecule has 1 aromatic carbocycles. The van der Waals surface area contributed by atoms with Crippen LogP contribution in [0.5, 0.6) is 0 Å². The first-order valence-corrected chi connectivity index (χ1v) is 10.9. The Morgan fingerprint density at radius 2 is 1.86 bits per heavy atom. The van der Waals surface area contributed by atoms with Crippen molar-refractivity contribution in [1.29, 1.82) is 0 Å². The molecule has 3 rings (SSSR count). The molecule has 0 unspecified atom stereocenters. The summed E-state index contributed by atoms with van der Waals surface area (Å²) in [6, 6.07) is 6.83. The summed E-state index contributed by atoms with van der Waals surface area (Å²) in [5.74, 6) is -0.374. The number of hydrogen-bond donors (Lipinski definition) is 0. The molecule has 0 radical (unpaired) electrons. The van der Waals surface area contributed by atoms with Gasteiger partial charge in [-0.2, -0.15) is 0 Å². The first-order valence-electron chi connectivity index (χ1n) is 9.71. The fourth-order valence-corrected chi connectivity index (χ4v) is 4.68. The van der Waals surface area contributed by atoms with Gasteiger partial charge in [-0.15, -0.1) is 0 Å². The SMILES string of the molecule is COC(=O)c1ccc(C=C2SC(=S)N(CCCC(=O)N3CCCCC3)C2=O)cc1. The lowest BCUT2D eigenvalue weighted by atomic mass is 10.1.